The van der Waals surface area contributed by atoms with Crippen molar-refractivity contribution in [2.75, 3.05) is 26.9 Å². The number of ether oxygens (including phenoxy) is 1. The van der Waals surface area contributed by atoms with Crippen LogP contribution in [0.3, 0.4) is 0 Å². The van der Waals surface area contributed by atoms with Crippen LogP contribution in [0.15, 0.2) is 18.3 Å². The third-order valence-electron chi connectivity index (χ3n) is 4.17. The van der Waals surface area contributed by atoms with Crippen molar-refractivity contribution < 1.29 is 14.6 Å². The van der Waals surface area contributed by atoms with Crippen molar-refractivity contribution >= 4 is 5.91 Å². The molecule has 20 heavy (non-hydrogen) atoms. The lowest BCUT2D eigenvalue weighted by molar-refractivity contribution is 0.0925. The van der Waals surface area contributed by atoms with Gasteiger partial charge < -0.3 is 19.7 Å². The van der Waals surface area contributed by atoms with Crippen LogP contribution in [0.1, 0.15) is 29.8 Å². The quantitative estimate of drug-likeness (QED) is 0.790. The minimum atomic E-state index is -0.0466. The molecule has 0 aliphatic heterocycles. The van der Waals surface area contributed by atoms with Crippen LogP contribution in [0.25, 0.3) is 0 Å². The Bertz CT molecular complexity index is 431. The van der Waals surface area contributed by atoms with Crippen LogP contribution in [0.2, 0.25) is 0 Å². The van der Waals surface area contributed by atoms with Crippen LogP contribution in [0.5, 0.6) is 0 Å². The lowest BCUT2D eigenvalue weighted by Crippen LogP contribution is -2.33. The van der Waals surface area contributed by atoms with Gasteiger partial charge in [0.05, 0.1) is 6.61 Å². The van der Waals surface area contributed by atoms with Gasteiger partial charge in [0.1, 0.15) is 5.69 Å². The third kappa shape index (κ3) is 3.61. The molecule has 0 spiro atoms. The molecule has 0 saturated heterocycles. The minimum Gasteiger partial charge on any atom is -0.396 e. The molecular weight excluding hydrogens is 256 g/mol. The average molecular weight is 280 g/mol. The van der Waals surface area contributed by atoms with Gasteiger partial charge in [0.25, 0.3) is 5.91 Å². The summed E-state index contributed by atoms with van der Waals surface area (Å²) < 4.78 is 6.94. The second-order valence-electron chi connectivity index (χ2n) is 5.42. The Labute approximate surface area is 119 Å². The number of hydrogen-bond acceptors (Lipinski definition) is 3. The lowest BCUT2D eigenvalue weighted by Gasteiger charge is -2.18. The van der Waals surface area contributed by atoms with E-state index < -0.39 is 0 Å². The first kappa shape index (κ1) is 15.1. The molecule has 1 aromatic heterocycles. The molecule has 1 heterocycles. The maximum absolute atomic E-state index is 12.2. The molecule has 2 unspecified atom stereocenters. The predicted molar refractivity (Wildman–Crippen MR) is 76.6 cm³/mol. The fraction of sp³-hybridized carbons (Fsp3) is 0.667. The highest BCUT2D eigenvalue weighted by Crippen LogP contribution is 2.30. The van der Waals surface area contributed by atoms with Gasteiger partial charge in [-0.1, -0.05) is 6.42 Å². The highest BCUT2D eigenvalue weighted by atomic mass is 16.5. The Kier molecular flexibility index (Phi) is 5.61. The van der Waals surface area contributed by atoms with Crippen molar-refractivity contribution in [3.63, 3.8) is 0 Å². The van der Waals surface area contributed by atoms with Crippen molar-refractivity contribution in [1.29, 1.82) is 0 Å². The Hall–Kier alpha value is -1.33. The first-order chi connectivity index (χ1) is 9.76. The summed E-state index contributed by atoms with van der Waals surface area (Å²) >= 11 is 0. The molecule has 2 N–H and O–H groups in total. The number of carbonyl (C=O) groups is 1. The van der Waals surface area contributed by atoms with E-state index in [1.807, 2.05) is 22.9 Å². The number of aliphatic hydroxyl groups excluding tert-OH is 1. The first-order valence-corrected chi connectivity index (χ1v) is 7.29. The summed E-state index contributed by atoms with van der Waals surface area (Å²) in [6.07, 6.45) is 5.20. The Morgan fingerprint density at radius 2 is 2.30 bits per heavy atom. The summed E-state index contributed by atoms with van der Waals surface area (Å²) in [5.41, 5.74) is 0.667. The van der Waals surface area contributed by atoms with E-state index in [-0.39, 0.29) is 12.5 Å². The monoisotopic (exact) mass is 280 g/mol. The van der Waals surface area contributed by atoms with E-state index in [4.69, 9.17) is 4.74 Å². The van der Waals surface area contributed by atoms with E-state index in [1.165, 1.54) is 0 Å². The highest BCUT2D eigenvalue weighted by Gasteiger charge is 2.27. The smallest absolute Gasteiger partial charge is 0.267 e. The zero-order chi connectivity index (χ0) is 14.4. The number of methoxy groups -OCH3 is 1. The maximum Gasteiger partial charge on any atom is 0.267 e. The number of amides is 1. The molecule has 2 rings (SSSR count). The van der Waals surface area contributed by atoms with Gasteiger partial charge in [0, 0.05) is 33.0 Å². The summed E-state index contributed by atoms with van der Waals surface area (Å²) in [5, 5.41) is 12.3. The van der Waals surface area contributed by atoms with E-state index in [1.54, 1.807) is 7.11 Å². The molecule has 112 valence electrons. The van der Waals surface area contributed by atoms with Crippen LogP contribution >= 0.6 is 0 Å². The fourth-order valence-electron chi connectivity index (χ4n) is 2.94. The summed E-state index contributed by atoms with van der Waals surface area (Å²) in [6, 6.07) is 3.69. The van der Waals surface area contributed by atoms with Crippen molar-refractivity contribution in [2.45, 2.75) is 25.8 Å². The van der Waals surface area contributed by atoms with Gasteiger partial charge in [0.15, 0.2) is 0 Å². The molecule has 1 aliphatic rings. The second-order valence-corrected chi connectivity index (χ2v) is 5.42. The molecule has 5 heteroatoms. The van der Waals surface area contributed by atoms with Crippen LogP contribution in [0, 0.1) is 11.8 Å². The molecule has 1 aromatic rings. The van der Waals surface area contributed by atoms with Crippen molar-refractivity contribution in [1.82, 2.24) is 9.88 Å². The van der Waals surface area contributed by atoms with Crippen molar-refractivity contribution in [3.05, 3.63) is 24.0 Å². The molecular formula is C15H24N2O3. The molecule has 0 aromatic carbocycles. The summed E-state index contributed by atoms with van der Waals surface area (Å²) in [5.74, 6) is 0.705. The van der Waals surface area contributed by atoms with E-state index in [9.17, 15) is 9.90 Å². The zero-order valence-corrected chi connectivity index (χ0v) is 12.0. The van der Waals surface area contributed by atoms with Gasteiger partial charge in [-0.2, -0.15) is 0 Å². The Morgan fingerprint density at radius 3 is 3.05 bits per heavy atom. The molecule has 5 nitrogen and oxygen atoms in total. The highest BCUT2D eigenvalue weighted by molar-refractivity contribution is 5.92. The number of hydrogen-bond donors (Lipinski definition) is 2. The molecule has 1 aliphatic carbocycles. The predicted octanol–water partition coefficient (Wildman–Crippen LogP) is 1.27. The number of rotatable bonds is 7. The lowest BCUT2D eigenvalue weighted by atomic mass is 9.97. The Balaban J connectivity index is 1.87. The van der Waals surface area contributed by atoms with E-state index in [0.29, 0.717) is 37.2 Å². The van der Waals surface area contributed by atoms with Gasteiger partial charge in [-0.15, -0.1) is 0 Å². The van der Waals surface area contributed by atoms with Crippen LogP contribution in [-0.4, -0.2) is 42.4 Å². The van der Waals surface area contributed by atoms with Crippen LogP contribution in [0.4, 0.5) is 0 Å². The standard InChI is InChI=1S/C15H24N2O3/c1-20-9-8-17-7-3-6-14(17)15(19)16-10-12-4-2-5-13(12)11-18/h3,6-7,12-13,18H,2,4-5,8-11H2,1H3,(H,16,19). The topological polar surface area (TPSA) is 63.5 Å². The number of nitrogens with one attached hydrogen (secondary N) is 1. The molecule has 1 saturated carbocycles. The van der Waals surface area contributed by atoms with Gasteiger partial charge in [0.2, 0.25) is 0 Å². The summed E-state index contributed by atoms with van der Waals surface area (Å²) in [6.45, 7) is 2.14. The molecule has 0 radical (unpaired) electrons. The largest absolute Gasteiger partial charge is 0.396 e. The number of carbonyl (C=O) groups excluding carboxylic acids is 1. The van der Waals surface area contributed by atoms with Gasteiger partial charge in [-0.25, -0.2) is 0 Å². The third-order valence-corrected chi connectivity index (χ3v) is 4.17. The normalized spacial score (nSPS) is 22.1. The van der Waals surface area contributed by atoms with Crippen molar-refractivity contribution in [2.24, 2.45) is 11.8 Å². The summed E-state index contributed by atoms with van der Waals surface area (Å²) in [7, 11) is 1.65. The van der Waals surface area contributed by atoms with Crippen LogP contribution in [-0.2, 0) is 11.3 Å². The minimum absolute atomic E-state index is 0.0466. The van der Waals surface area contributed by atoms with E-state index in [2.05, 4.69) is 5.32 Å². The van der Waals surface area contributed by atoms with Gasteiger partial charge >= 0.3 is 0 Å². The van der Waals surface area contributed by atoms with E-state index >= 15 is 0 Å². The molecule has 2 atom stereocenters. The van der Waals surface area contributed by atoms with Gasteiger partial charge in [-0.05, 0) is 36.8 Å². The van der Waals surface area contributed by atoms with Gasteiger partial charge in [-0.3, -0.25) is 4.79 Å². The fourth-order valence-corrected chi connectivity index (χ4v) is 2.94. The SMILES string of the molecule is COCCn1cccc1C(=O)NCC1CCCC1CO. The van der Waals surface area contributed by atoms with Crippen molar-refractivity contribution in [3.8, 4) is 0 Å². The molecule has 0 bridgehead atoms. The average Bonchev–Trinajstić information content (AvgIpc) is 3.10. The molecule has 1 amide bonds. The zero-order valence-electron chi connectivity index (χ0n) is 12.0. The Morgan fingerprint density at radius 1 is 1.50 bits per heavy atom. The number of nitrogens with zero attached hydrogens (tertiary/aromatic N) is 1. The first-order valence-electron chi connectivity index (χ1n) is 7.29. The molecule has 1 fully saturated rings. The number of aromatic nitrogens is 1. The van der Waals surface area contributed by atoms with E-state index in [0.717, 1.165) is 19.3 Å². The van der Waals surface area contributed by atoms with Crippen LogP contribution < -0.4 is 5.32 Å². The summed E-state index contributed by atoms with van der Waals surface area (Å²) in [4.78, 5) is 12.2. The second kappa shape index (κ2) is 7.45. The number of aliphatic hydroxyl groups is 1. The maximum atomic E-state index is 12.2.